The van der Waals surface area contributed by atoms with Crippen LogP contribution < -0.4 is 5.73 Å². The summed E-state index contributed by atoms with van der Waals surface area (Å²) in [6.07, 6.45) is 4.64. The van der Waals surface area contributed by atoms with Crippen molar-refractivity contribution in [2.24, 2.45) is 11.7 Å². The van der Waals surface area contributed by atoms with E-state index in [1.165, 1.54) is 12.8 Å². The van der Waals surface area contributed by atoms with Gasteiger partial charge in [-0.3, -0.25) is 14.6 Å². The Labute approximate surface area is 108 Å². The van der Waals surface area contributed by atoms with E-state index in [0.717, 1.165) is 45.1 Å². The van der Waals surface area contributed by atoms with Gasteiger partial charge in [0.25, 0.3) is 0 Å². The maximum atomic E-state index is 11.4. The Hall–Kier alpha value is -0.650. The number of hydrogen-bond donors (Lipinski definition) is 2. The van der Waals surface area contributed by atoms with Gasteiger partial charge in [0.05, 0.1) is 0 Å². The number of carbonyl (C=O) groups is 1. The van der Waals surface area contributed by atoms with Crippen molar-refractivity contribution >= 4 is 5.97 Å². The highest BCUT2D eigenvalue weighted by atomic mass is 16.4. The van der Waals surface area contributed by atoms with Gasteiger partial charge in [0.15, 0.2) is 0 Å². The zero-order chi connectivity index (χ0) is 12.8. The summed E-state index contributed by atoms with van der Waals surface area (Å²) >= 11 is 0. The molecule has 1 aliphatic heterocycles. The highest BCUT2D eigenvalue weighted by Gasteiger charge is 2.49. The van der Waals surface area contributed by atoms with Gasteiger partial charge < -0.3 is 10.8 Å². The topological polar surface area (TPSA) is 69.8 Å². The Balaban J connectivity index is 1.54. The number of carboxylic acids is 1. The molecule has 2 aliphatic carbocycles. The summed E-state index contributed by atoms with van der Waals surface area (Å²) < 4.78 is 0. The van der Waals surface area contributed by atoms with Gasteiger partial charge in [-0.1, -0.05) is 0 Å². The normalized spacial score (nSPS) is 30.1. The molecule has 1 atom stereocenters. The Morgan fingerprint density at radius 1 is 1.17 bits per heavy atom. The zero-order valence-corrected chi connectivity index (χ0v) is 10.8. The Morgan fingerprint density at radius 3 is 2.22 bits per heavy atom. The summed E-state index contributed by atoms with van der Waals surface area (Å²) in [5, 5.41) is 9.36. The van der Waals surface area contributed by atoms with Gasteiger partial charge in [-0.05, 0) is 31.6 Å². The van der Waals surface area contributed by atoms with Crippen LogP contribution in [0.2, 0.25) is 0 Å². The van der Waals surface area contributed by atoms with E-state index in [2.05, 4.69) is 9.80 Å². The molecule has 1 heterocycles. The lowest BCUT2D eigenvalue weighted by molar-refractivity contribution is -0.145. The third-order valence-corrected chi connectivity index (χ3v) is 4.66. The fourth-order valence-electron chi connectivity index (χ4n) is 3.07. The number of carboxylic acid groups (broad SMARTS) is 1. The third kappa shape index (κ3) is 2.39. The first-order valence-electron chi connectivity index (χ1n) is 7.08. The molecule has 0 aromatic carbocycles. The molecule has 0 aromatic heterocycles. The number of aliphatic carboxylic acids is 1. The Bertz CT molecular complexity index is 333. The van der Waals surface area contributed by atoms with Crippen molar-refractivity contribution in [3.05, 3.63) is 0 Å². The van der Waals surface area contributed by atoms with Crippen molar-refractivity contribution in [2.45, 2.75) is 37.3 Å². The summed E-state index contributed by atoms with van der Waals surface area (Å²) in [5.41, 5.74) is 5.12. The summed E-state index contributed by atoms with van der Waals surface area (Å²) in [6, 6.07) is 0.817. The van der Waals surface area contributed by atoms with Crippen molar-refractivity contribution in [1.29, 1.82) is 0 Å². The lowest BCUT2D eigenvalue weighted by Crippen LogP contribution is -2.60. The lowest BCUT2D eigenvalue weighted by Gasteiger charge is -2.38. The molecule has 3 aliphatic rings. The molecule has 3 rings (SSSR count). The van der Waals surface area contributed by atoms with E-state index >= 15 is 0 Å². The number of nitrogens with two attached hydrogens (primary N) is 1. The third-order valence-electron chi connectivity index (χ3n) is 4.66. The number of rotatable bonds is 5. The van der Waals surface area contributed by atoms with Crippen LogP contribution in [0.15, 0.2) is 0 Å². The minimum absolute atomic E-state index is 0.191. The Morgan fingerprint density at radius 2 is 1.78 bits per heavy atom. The smallest absolute Gasteiger partial charge is 0.325 e. The van der Waals surface area contributed by atoms with Gasteiger partial charge >= 0.3 is 5.97 Å². The molecule has 3 N–H and O–H groups in total. The second kappa shape index (κ2) is 4.47. The van der Waals surface area contributed by atoms with Gasteiger partial charge in [-0.2, -0.15) is 0 Å². The van der Waals surface area contributed by atoms with E-state index in [0.29, 0.717) is 6.54 Å². The first-order chi connectivity index (χ1) is 8.59. The second-order valence-electron chi connectivity index (χ2n) is 6.16. The van der Waals surface area contributed by atoms with Crippen molar-refractivity contribution in [2.75, 3.05) is 32.7 Å². The predicted molar refractivity (Wildman–Crippen MR) is 68.3 cm³/mol. The molecule has 1 saturated heterocycles. The van der Waals surface area contributed by atoms with Gasteiger partial charge in [-0.25, -0.2) is 0 Å². The van der Waals surface area contributed by atoms with Gasteiger partial charge in [0, 0.05) is 38.8 Å². The van der Waals surface area contributed by atoms with Crippen LogP contribution in [-0.4, -0.2) is 65.2 Å². The van der Waals surface area contributed by atoms with Gasteiger partial charge in [-0.15, -0.1) is 0 Å². The molecule has 18 heavy (non-hydrogen) atoms. The SMILES string of the molecule is NC(CN1CCN(C2CC2)CC1)(C(=O)O)C1CC1. The van der Waals surface area contributed by atoms with Crippen LogP contribution in [0.3, 0.4) is 0 Å². The second-order valence-corrected chi connectivity index (χ2v) is 6.16. The number of piperazine rings is 1. The average Bonchev–Trinajstić information content (AvgIpc) is 3.19. The van der Waals surface area contributed by atoms with Crippen molar-refractivity contribution in [3.8, 4) is 0 Å². The molecule has 0 amide bonds. The van der Waals surface area contributed by atoms with E-state index < -0.39 is 11.5 Å². The van der Waals surface area contributed by atoms with E-state index in [4.69, 9.17) is 5.73 Å². The number of hydrogen-bond acceptors (Lipinski definition) is 4. The minimum Gasteiger partial charge on any atom is -0.480 e. The molecule has 2 saturated carbocycles. The first kappa shape index (κ1) is 12.4. The van der Waals surface area contributed by atoms with Gasteiger partial charge in [0.2, 0.25) is 0 Å². The number of nitrogens with zero attached hydrogens (tertiary/aromatic N) is 2. The lowest BCUT2D eigenvalue weighted by atomic mass is 9.93. The summed E-state index contributed by atoms with van der Waals surface area (Å²) in [7, 11) is 0. The molecule has 5 heteroatoms. The van der Waals surface area contributed by atoms with Crippen molar-refractivity contribution in [3.63, 3.8) is 0 Å². The van der Waals surface area contributed by atoms with Crippen LogP contribution in [0.25, 0.3) is 0 Å². The fourth-order valence-corrected chi connectivity index (χ4v) is 3.07. The largest absolute Gasteiger partial charge is 0.480 e. The molecule has 3 fully saturated rings. The molecule has 1 unspecified atom stereocenters. The molecule has 102 valence electrons. The highest BCUT2D eigenvalue weighted by molar-refractivity contribution is 5.79. The molecule has 0 spiro atoms. The summed E-state index contributed by atoms with van der Waals surface area (Å²) in [4.78, 5) is 16.2. The van der Waals surface area contributed by atoms with E-state index in [9.17, 15) is 9.90 Å². The zero-order valence-electron chi connectivity index (χ0n) is 10.8. The predicted octanol–water partition coefficient (Wildman–Crippen LogP) is -0.0415. The maximum Gasteiger partial charge on any atom is 0.325 e. The van der Waals surface area contributed by atoms with Crippen molar-refractivity contribution in [1.82, 2.24) is 9.80 Å². The quantitative estimate of drug-likeness (QED) is 0.719. The highest BCUT2D eigenvalue weighted by Crippen LogP contribution is 2.39. The summed E-state index contributed by atoms with van der Waals surface area (Å²) in [6.45, 7) is 4.60. The molecule has 5 nitrogen and oxygen atoms in total. The van der Waals surface area contributed by atoms with Crippen molar-refractivity contribution < 1.29 is 9.90 Å². The van der Waals surface area contributed by atoms with Crippen LogP contribution in [-0.2, 0) is 4.79 Å². The molecule has 0 aromatic rings. The average molecular weight is 253 g/mol. The van der Waals surface area contributed by atoms with Gasteiger partial charge in [0.1, 0.15) is 5.54 Å². The first-order valence-corrected chi connectivity index (χ1v) is 7.08. The molecular weight excluding hydrogens is 230 g/mol. The van der Waals surface area contributed by atoms with Crippen LogP contribution in [0.5, 0.6) is 0 Å². The van der Waals surface area contributed by atoms with E-state index in [-0.39, 0.29) is 5.92 Å². The maximum absolute atomic E-state index is 11.4. The van der Waals surface area contributed by atoms with E-state index in [1.54, 1.807) is 0 Å². The minimum atomic E-state index is -1.01. The standard InChI is InChI=1S/C13H23N3O2/c14-13(12(17)18,10-1-2-10)9-15-5-7-16(8-6-15)11-3-4-11/h10-11H,1-9,14H2,(H,17,18). The molecule has 0 radical (unpaired) electrons. The van der Waals surface area contributed by atoms with Crippen LogP contribution >= 0.6 is 0 Å². The van der Waals surface area contributed by atoms with Crippen LogP contribution in [0.1, 0.15) is 25.7 Å². The molecular formula is C13H23N3O2. The molecule has 0 bridgehead atoms. The summed E-state index contributed by atoms with van der Waals surface area (Å²) in [5.74, 6) is -0.633. The monoisotopic (exact) mass is 253 g/mol. The van der Waals surface area contributed by atoms with Crippen LogP contribution in [0.4, 0.5) is 0 Å². The fraction of sp³-hybridized carbons (Fsp3) is 0.923. The van der Waals surface area contributed by atoms with Crippen LogP contribution in [0, 0.1) is 5.92 Å². The van der Waals surface area contributed by atoms with E-state index in [1.807, 2.05) is 0 Å². The Kier molecular flexibility index (Phi) is 3.08.